The molecule has 1 aliphatic heterocycles. The number of aryl methyl sites for hydroxylation is 2. The lowest BCUT2D eigenvalue weighted by molar-refractivity contribution is 0.330. The predicted molar refractivity (Wildman–Crippen MR) is 96.4 cm³/mol. The first kappa shape index (κ1) is 16.8. The molecule has 24 heavy (non-hydrogen) atoms. The molecule has 128 valence electrons. The smallest absolute Gasteiger partial charge is 0.268 e. The molecule has 3 rings (SSSR count). The van der Waals surface area contributed by atoms with Crippen LogP contribution in [0.5, 0.6) is 5.75 Å². The molecule has 0 spiro atoms. The van der Waals surface area contributed by atoms with E-state index in [1.807, 2.05) is 58.0 Å². The fourth-order valence-electron chi connectivity index (χ4n) is 3.24. The molecule has 2 aromatic rings. The zero-order chi connectivity index (χ0) is 17.5. The van der Waals surface area contributed by atoms with Crippen molar-refractivity contribution in [2.45, 2.75) is 45.1 Å². The van der Waals surface area contributed by atoms with Crippen molar-refractivity contribution in [1.82, 2.24) is 0 Å². The number of para-hydroxylation sites is 1. The number of rotatable bonds is 4. The number of hydrogen-bond acceptors (Lipinski definition) is 3. The van der Waals surface area contributed by atoms with Crippen LogP contribution in [-0.2, 0) is 16.4 Å². The Morgan fingerprint density at radius 1 is 1.17 bits per heavy atom. The molecule has 0 aliphatic carbocycles. The third-order valence-electron chi connectivity index (χ3n) is 4.54. The van der Waals surface area contributed by atoms with Gasteiger partial charge < -0.3 is 4.74 Å². The van der Waals surface area contributed by atoms with Gasteiger partial charge in [0.25, 0.3) is 10.0 Å². The summed E-state index contributed by atoms with van der Waals surface area (Å²) in [6.45, 7) is 8.11. The predicted octanol–water partition coefficient (Wildman–Crippen LogP) is 3.84. The van der Waals surface area contributed by atoms with Crippen LogP contribution in [0.15, 0.2) is 41.3 Å². The molecule has 0 radical (unpaired) electrons. The quantitative estimate of drug-likeness (QED) is 0.846. The van der Waals surface area contributed by atoms with Gasteiger partial charge in [-0.1, -0.05) is 18.2 Å². The molecule has 0 saturated carbocycles. The Bertz CT molecular complexity index is 874. The van der Waals surface area contributed by atoms with Crippen molar-refractivity contribution in [3.05, 3.63) is 53.1 Å². The molecule has 0 unspecified atom stereocenters. The Hall–Kier alpha value is -2.01. The number of benzene rings is 2. The second kappa shape index (κ2) is 6.13. The standard InChI is InChI=1S/C19H23NO3S/c1-5-23-18-10-13(2)14(3)11-19(18)24(21,22)20-15(4)12-16-8-6-7-9-17(16)20/h6-11,15H,5,12H2,1-4H3/t15-/m1/s1. The van der Waals surface area contributed by atoms with Crippen molar-refractivity contribution in [1.29, 1.82) is 0 Å². The Morgan fingerprint density at radius 2 is 1.83 bits per heavy atom. The summed E-state index contributed by atoms with van der Waals surface area (Å²) in [7, 11) is -3.69. The molecule has 0 saturated heterocycles. The Balaban J connectivity index is 2.17. The van der Waals surface area contributed by atoms with E-state index in [2.05, 4.69) is 0 Å². The van der Waals surface area contributed by atoms with E-state index in [-0.39, 0.29) is 10.9 Å². The maximum absolute atomic E-state index is 13.4. The molecule has 5 heteroatoms. The number of hydrogen-bond donors (Lipinski definition) is 0. The molecule has 4 nitrogen and oxygen atoms in total. The van der Waals surface area contributed by atoms with E-state index in [4.69, 9.17) is 4.74 Å². The molecule has 1 atom stereocenters. The molecule has 1 aliphatic rings. The molecule has 0 bridgehead atoms. The average Bonchev–Trinajstić information content (AvgIpc) is 2.87. The van der Waals surface area contributed by atoms with Gasteiger partial charge in [-0.3, -0.25) is 4.31 Å². The lowest BCUT2D eigenvalue weighted by Crippen LogP contribution is -2.36. The molecule has 0 aromatic heterocycles. The highest BCUT2D eigenvalue weighted by Gasteiger charge is 2.37. The van der Waals surface area contributed by atoms with E-state index in [1.165, 1.54) is 4.31 Å². The van der Waals surface area contributed by atoms with Crippen molar-refractivity contribution in [3.8, 4) is 5.75 Å². The zero-order valence-corrected chi connectivity index (χ0v) is 15.4. The van der Waals surface area contributed by atoms with Gasteiger partial charge in [0, 0.05) is 6.04 Å². The molecule has 1 heterocycles. The first-order valence-corrected chi connectivity index (χ1v) is 9.66. The van der Waals surface area contributed by atoms with E-state index in [9.17, 15) is 8.42 Å². The normalized spacial score (nSPS) is 17.0. The van der Waals surface area contributed by atoms with Crippen LogP contribution in [0.2, 0.25) is 0 Å². The summed E-state index contributed by atoms with van der Waals surface area (Å²) in [5.41, 5.74) is 3.80. The number of anilines is 1. The Kier molecular flexibility index (Phi) is 4.30. The summed E-state index contributed by atoms with van der Waals surface area (Å²) in [5.74, 6) is 0.428. The van der Waals surface area contributed by atoms with Gasteiger partial charge in [-0.25, -0.2) is 8.42 Å². The molecule has 0 N–H and O–H groups in total. The number of nitrogens with zero attached hydrogens (tertiary/aromatic N) is 1. The zero-order valence-electron chi connectivity index (χ0n) is 14.5. The maximum Gasteiger partial charge on any atom is 0.268 e. The second-order valence-electron chi connectivity index (χ2n) is 6.30. The van der Waals surface area contributed by atoms with Crippen LogP contribution in [0.25, 0.3) is 0 Å². The van der Waals surface area contributed by atoms with Gasteiger partial charge >= 0.3 is 0 Å². The summed E-state index contributed by atoms with van der Waals surface area (Å²) in [6.07, 6.45) is 0.726. The van der Waals surface area contributed by atoms with Gasteiger partial charge in [-0.15, -0.1) is 0 Å². The maximum atomic E-state index is 13.4. The van der Waals surface area contributed by atoms with Gasteiger partial charge in [-0.2, -0.15) is 0 Å². The van der Waals surface area contributed by atoms with Crippen molar-refractivity contribution in [3.63, 3.8) is 0 Å². The van der Waals surface area contributed by atoms with Crippen molar-refractivity contribution in [2.75, 3.05) is 10.9 Å². The molecule has 0 fully saturated rings. The van der Waals surface area contributed by atoms with E-state index in [0.29, 0.717) is 12.4 Å². The largest absolute Gasteiger partial charge is 0.492 e. The van der Waals surface area contributed by atoms with Crippen LogP contribution in [0.1, 0.15) is 30.5 Å². The third kappa shape index (κ3) is 2.67. The highest BCUT2D eigenvalue weighted by molar-refractivity contribution is 7.93. The molecule has 2 aromatic carbocycles. The number of fused-ring (bicyclic) bond motifs is 1. The van der Waals surface area contributed by atoms with Crippen molar-refractivity contribution < 1.29 is 13.2 Å². The van der Waals surface area contributed by atoms with Crippen molar-refractivity contribution in [2.24, 2.45) is 0 Å². The van der Waals surface area contributed by atoms with E-state index < -0.39 is 10.0 Å². The first-order valence-electron chi connectivity index (χ1n) is 8.22. The summed E-state index contributed by atoms with van der Waals surface area (Å²) in [6, 6.07) is 11.1. The Labute approximate surface area is 144 Å². The summed E-state index contributed by atoms with van der Waals surface area (Å²) >= 11 is 0. The topological polar surface area (TPSA) is 46.6 Å². The lowest BCUT2D eigenvalue weighted by Gasteiger charge is -2.26. The van der Waals surface area contributed by atoms with Crippen LogP contribution < -0.4 is 9.04 Å². The molecular weight excluding hydrogens is 322 g/mol. The number of sulfonamides is 1. The fourth-order valence-corrected chi connectivity index (χ4v) is 5.14. The van der Waals surface area contributed by atoms with Gasteiger partial charge in [-0.05, 0) is 69.0 Å². The SMILES string of the molecule is CCOc1cc(C)c(C)cc1S(=O)(=O)N1c2ccccc2C[C@H]1C. The van der Waals surface area contributed by atoms with Crippen LogP contribution in [0.4, 0.5) is 5.69 Å². The first-order chi connectivity index (χ1) is 11.4. The van der Waals surface area contributed by atoms with Crippen LogP contribution >= 0.6 is 0 Å². The van der Waals surface area contributed by atoms with Crippen LogP contribution in [0.3, 0.4) is 0 Å². The van der Waals surface area contributed by atoms with Crippen LogP contribution in [0, 0.1) is 13.8 Å². The van der Waals surface area contributed by atoms with Gasteiger partial charge in [0.2, 0.25) is 0 Å². The second-order valence-corrected chi connectivity index (χ2v) is 8.08. The fraction of sp³-hybridized carbons (Fsp3) is 0.368. The highest BCUT2D eigenvalue weighted by atomic mass is 32.2. The lowest BCUT2D eigenvalue weighted by atomic mass is 10.1. The van der Waals surface area contributed by atoms with E-state index in [1.54, 1.807) is 6.07 Å². The number of ether oxygens (including phenoxy) is 1. The highest BCUT2D eigenvalue weighted by Crippen LogP contribution is 2.39. The van der Waals surface area contributed by atoms with Crippen LogP contribution in [-0.4, -0.2) is 21.1 Å². The minimum atomic E-state index is -3.69. The summed E-state index contributed by atoms with van der Waals surface area (Å²) < 4.78 is 34.0. The molecular formula is C19H23NO3S. The van der Waals surface area contributed by atoms with Gasteiger partial charge in [0.15, 0.2) is 0 Å². The van der Waals surface area contributed by atoms with E-state index >= 15 is 0 Å². The minimum Gasteiger partial charge on any atom is -0.492 e. The van der Waals surface area contributed by atoms with Gasteiger partial charge in [0.05, 0.1) is 12.3 Å². The van der Waals surface area contributed by atoms with Gasteiger partial charge in [0.1, 0.15) is 10.6 Å². The monoisotopic (exact) mass is 345 g/mol. The molecule has 0 amide bonds. The minimum absolute atomic E-state index is 0.108. The third-order valence-corrected chi connectivity index (χ3v) is 6.49. The average molecular weight is 345 g/mol. The summed E-state index contributed by atoms with van der Waals surface area (Å²) in [5, 5.41) is 0. The Morgan fingerprint density at radius 3 is 2.54 bits per heavy atom. The van der Waals surface area contributed by atoms with Crippen molar-refractivity contribution >= 4 is 15.7 Å². The summed E-state index contributed by atoms with van der Waals surface area (Å²) in [4.78, 5) is 0.246. The van der Waals surface area contributed by atoms with E-state index in [0.717, 1.165) is 28.8 Å².